The van der Waals surface area contributed by atoms with E-state index in [4.69, 9.17) is 11.5 Å². The van der Waals surface area contributed by atoms with Crippen molar-refractivity contribution in [3.05, 3.63) is 48.1 Å². The molecule has 0 unspecified atom stereocenters. The predicted octanol–water partition coefficient (Wildman–Crippen LogP) is 4.20. The number of nitrogens with zero attached hydrogens (tertiary/aromatic N) is 2. The summed E-state index contributed by atoms with van der Waals surface area (Å²) in [5.41, 5.74) is 13.1. The Morgan fingerprint density at radius 2 is 2.07 bits per heavy atom. The number of nitrogens with two attached hydrogens (primary N) is 2. The average molecular weight is 378 g/mol. The lowest BCUT2D eigenvalue weighted by atomic mass is 9.85. The van der Waals surface area contributed by atoms with Gasteiger partial charge in [-0.3, -0.25) is 0 Å². The Morgan fingerprint density at radius 1 is 1.33 bits per heavy atom. The highest BCUT2D eigenvalue weighted by Gasteiger charge is 2.34. The molecule has 0 bridgehead atoms. The summed E-state index contributed by atoms with van der Waals surface area (Å²) in [6.45, 7) is 3.68. The minimum absolute atomic E-state index is 0.0913. The molecule has 1 aliphatic carbocycles. The summed E-state index contributed by atoms with van der Waals surface area (Å²) >= 11 is 0. The quantitative estimate of drug-likeness (QED) is 0.789. The van der Waals surface area contributed by atoms with Gasteiger partial charge in [-0.25, -0.2) is 4.98 Å². The molecule has 1 aromatic heterocycles. The first kappa shape index (κ1) is 19.0. The third-order valence-electron chi connectivity index (χ3n) is 4.66. The van der Waals surface area contributed by atoms with Crippen LogP contribution in [0.1, 0.15) is 42.3 Å². The van der Waals surface area contributed by atoms with E-state index in [0.717, 1.165) is 25.1 Å². The number of hydrogen-bond donors (Lipinski definition) is 2. The van der Waals surface area contributed by atoms with Crippen LogP contribution in [-0.2, 0) is 6.54 Å². The molecule has 0 radical (unpaired) electrons. The fourth-order valence-corrected chi connectivity index (χ4v) is 3.17. The van der Waals surface area contributed by atoms with E-state index in [1.54, 1.807) is 22.9 Å². The summed E-state index contributed by atoms with van der Waals surface area (Å²) in [7, 11) is 0. The number of rotatable bonds is 6. The Hall–Kier alpha value is -2.74. The van der Waals surface area contributed by atoms with Gasteiger partial charge in [0.05, 0.1) is 11.4 Å². The first-order chi connectivity index (χ1) is 12.9. The zero-order valence-corrected chi connectivity index (χ0v) is 14.7. The summed E-state index contributed by atoms with van der Waals surface area (Å²) in [5, 5.41) is 0. The van der Waals surface area contributed by atoms with Crippen molar-refractivity contribution < 1.29 is 17.9 Å². The molecule has 5 nitrogen and oxygen atoms in total. The third kappa shape index (κ3) is 3.85. The van der Waals surface area contributed by atoms with E-state index in [1.165, 1.54) is 18.3 Å². The largest absolute Gasteiger partial charge is 0.573 e. The molecular weight excluding hydrogens is 357 g/mol. The minimum atomic E-state index is -4.83. The number of imidazole rings is 1. The molecule has 0 amide bonds. The van der Waals surface area contributed by atoms with Crippen LogP contribution in [0.25, 0.3) is 23.5 Å². The van der Waals surface area contributed by atoms with Gasteiger partial charge < -0.3 is 20.8 Å². The highest BCUT2D eigenvalue weighted by atomic mass is 19.4. The number of hydrogen-bond acceptors (Lipinski definition) is 4. The molecule has 8 heteroatoms. The standard InChI is InChI=1S/C19H21F3N4O/c1-2-12-6-7-14(16(10-12)27-19(20,21)22)17-15(11-24)26(9-8-23)18(25-17)13-4-3-5-13/h2,6-10,13H,1,3-5,11,23-24H2/b9-8-. The fourth-order valence-electron chi connectivity index (χ4n) is 3.17. The molecule has 0 saturated heterocycles. The molecule has 0 aliphatic heterocycles. The second-order valence-electron chi connectivity index (χ2n) is 6.32. The van der Waals surface area contributed by atoms with Gasteiger partial charge in [-0.1, -0.05) is 25.1 Å². The number of ether oxygens (including phenoxy) is 1. The van der Waals surface area contributed by atoms with E-state index in [2.05, 4.69) is 16.3 Å². The summed E-state index contributed by atoms with van der Waals surface area (Å²) in [6.07, 6.45) is 2.66. The van der Waals surface area contributed by atoms with Crippen LogP contribution >= 0.6 is 0 Å². The topological polar surface area (TPSA) is 79.1 Å². The Kier molecular flexibility index (Phi) is 5.27. The minimum Gasteiger partial charge on any atom is -0.405 e. The van der Waals surface area contributed by atoms with E-state index < -0.39 is 6.36 Å². The van der Waals surface area contributed by atoms with Crippen LogP contribution in [0, 0.1) is 0 Å². The van der Waals surface area contributed by atoms with Gasteiger partial charge in [-0.15, -0.1) is 13.2 Å². The monoisotopic (exact) mass is 378 g/mol. The van der Waals surface area contributed by atoms with Gasteiger partial charge in [0, 0.05) is 30.4 Å². The Labute approximate surface area is 155 Å². The maximum Gasteiger partial charge on any atom is 0.573 e. The lowest BCUT2D eigenvalue weighted by molar-refractivity contribution is -0.274. The fraction of sp³-hybridized carbons (Fsp3) is 0.316. The van der Waals surface area contributed by atoms with Crippen molar-refractivity contribution in [2.75, 3.05) is 0 Å². The molecule has 1 aliphatic rings. The summed E-state index contributed by atoms with van der Waals surface area (Å²) in [5.74, 6) is 0.653. The van der Waals surface area contributed by atoms with Gasteiger partial charge in [0.25, 0.3) is 0 Å². The van der Waals surface area contributed by atoms with Gasteiger partial charge in [-0.2, -0.15) is 0 Å². The first-order valence-electron chi connectivity index (χ1n) is 8.60. The summed E-state index contributed by atoms with van der Waals surface area (Å²) in [6, 6.07) is 4.49. The van der Waals surface area contributed by atoms with Crippen LogP contribution in [-0.4, -0.2) is 15.9 Å². The number of alkyl halides is 3. The van der Waals surface area contributed by atoms with Crippen molar-refractivity contribution in [1.29, 1.82) is 0 Å². The van der Waals surface area contributed by atoms with Gasteiger partial charge in [0.15, 0.2) is 0 Å². The molecule has 0 atom stereocenters. The van der Waals surface area contributed by atoms with Crippen molar-refractivity contribution in [2.45, 2.75) is 38.1 Å². The lowest BCUT2D eigenvalue weighted by Crippen LogP contribution is -2.18. The highest BCUT2D eigenvalue weighted by molar-refractivity contribution is 5.73. The Bertz CT molecular complexity index is 867. The third-order valence-corrected chi connectivity index (χ3v) is 4.66. The maximum atomic E-state index is 12.9. The average Bonchev–Trinajstić information content (AvgIpc) is 2.90. The first-order valence-corrected chi connectivity index (χ1v) is 8.60. The van der Waals surface area contributed by atoms with Crippen molar-refractivity contribution in [2.24, 2.45) is 11.5 Å². The van der Waals surface area contributed by atoms with Crippen LogP contribution in [0.4, 0.5) is 13.2 Å². The molecule has 27 heavy (non-hydrogen) atoms. The molecule has 2 aromatic rings. The normalized spacial score (nSPS) is 15.1. The van der Waals surface area contributed by atoms with E-state index in [-0.39, 0.29) is 23.8 Å². The lowest BCUT2D eigenvalue weighted by Gasteiger charge is -2.24. The van der Waals surface area contributed by atoms with Gasteiger partial charge >= 0.3 is 6.36 Å². The molecule has 1 heterocycles. The van der Waals surface area contributed by atoms with E-state index in [9.17, 15) is 13.2 Å². The van der Waals surface area contributed by atoms with Crippen LogP contribution in [0.5, 0.6) is 5.75 Å². The van der Waals surface area contributed by atoms with Gasteiger partial charge in [0.1, 0.15) is 11.6 Å². The van der Waals surface area contributed by atoms with E-state index in [1.807, 2.05) is 0 Å². The van der Waals surface area contributed by atoms with Crippen LogP contribution in [0.2, 0.25) is 0 Å². The van der Waals surface area contributed by atoms with Gasteiger partial charge in [0.2, 0.25) is 0 Å². The second-order valence-corrected chi connectivity index (χ2v) is 6.32. The molecule has 1 saturated carbocycles. The molecule has 1 fully saturated rings. The second kappa shape index (κ2) is 7.48. The molecule has 4 N–H and O–H groups in total. The van der Waals surface area contributed by atoms with E-state index >= 15 is 0 Å². The Morgan fingerprint density at radius 3 is 2.59 bits per heavy atom. The zero-order valence-electron chi connectivity index (χ0n) is 14.7. The number of aromatic nitrogens is 2. The predicted molar refractivity (Wildman–Crippen MR) is 98.4 cm³/mol. The molecule has 1 aromatic carbocycles. The van der Waals surface area contributed by atoms with Crippen molar-refractivity contribution >= 4 is 12.3 Å². The highest BCUT2D eigenvalue weighted by Crippen LogP contribution is 2.41. The van der Waals surface area contributed by atoms with Crippen molar-refractivity contribution in [3.8, 4) is 17.0 Å². The van der Waals surface area contributed by atoms with Crippen LogP contribution < -0.4 is 16.2 Å². The molecular formula is C19H21F3N4O. The molecule has 144 valence electrons. The Balaban J connectivity index is 2.19. The van der Waals surface area contributed by atoms with Crippen molar-refractivity contribution in [1.82, 2.24) is 9.55 Å². The van der Waals surface area contributed by atoms with Gasteiger partial charge in [-0.05, 0) is 30.5 Å². The smallest absolute Gasteiger partial charge is 0.405 e. The van der Waals surface area contributed by atoms with Crippen LogP contribution in [0.15, 0.2) is 31.0 Å². The summed E-state index contributed by atoms with van der Waals surface area (Å²) < 4.78 is 44.8. The molecule has 0 spiro atoms. The summed E-state index contributed by atoms with van der Waals surface area (Å²) in [4.78, 5) is 4.64. The van der Waals surface area contributed by atoms with Crippen LogP contribution in [0.3, 0.4) is 0 Å². The zero-order chi connectivity index (χ0) is 19.6. The van der Waals surface area contributed by atoms with E-state index in [0.29, 0.717) is 17.0 Å². The molecule has 3 rings (SSSR count). The maximum absolute atomic E-state index is 12.9. The number of benzene rings is 1. The SMILES string of the molecule is C=Cc1ccc(-c2nc(C3CCC3)n(/C=C\N)c2CN)c(OC(F)(F)F)c1. The van der Waals surface area contributed by atoms with Crippen molar-refractivity contribution in [3.63, 3.8) is 0 Å². The number of halogens is 3.